The molecule has 0 saturated carbocycles. The number of aryl methyl sites for hydroxylation is 1. The van der Waals surface area contributed by atoms with E-state index in [2.05, 4.69) is 61.9 Å². The van der Waals surface area contributed by atoms with Crippen molar-refractivity contribution < 1.29 is 0 Å². The Kier molecular flexibility index (Phi) is 5.85. The molecule has 0 amide bonds. The first-order valence-corrected chi connectivity index (χ1v) is 9.00. The van der Waals surface area contributed by atoms with Crippen LogP contribution >= 0.6 is 15.9 Å². The van der Waals surface area contributed by atoms with Gasteiger partial charge in [-0.05, 0) is 77.5 Å². The first-order valence-electron chi connectivity index (χ1n) is 8.21. The predicted octanol–water partition coefficient (Wildman–Crippen LogP) is 4.42. The minimum Gasteiger partial charge on any atom is -0.299 e. The van der Waals surface area contributed by atoms with Crippen molar-refractivity contribution in [3.8, 4) is 11.8 Å². The van der Waals surface area contributed by atoms with Crippen LogP contribution in [0.2, 0.25) is 0 Å². The number of likely N-dealkylation sites (tertiary alicyclic amines) is 1. The minimum absolute atomic E-state index is 0.813. The monoisotopic (exact) mass is 368 g/mol. The summed E-state index contributed by atoms with van der Waals surface area (Å²) in [5, 5.41) is 0. The highest BCUT2D eigenvalue weighted by atomic mass is 79.9. The third kappa shape index (κ3) is 4.92. The quantitative estimate of drug-likeness (QED) is 0.742. The summed E-state index contributed by atoms with van der Waals surface area (Å²) in [5.41, 5.74) is 3.58. The van der Waals surface area contributed by atoms with Gasteiger partial charge in [-0.1, -0.05) is 30.2 Å². The van der Waals surface area contributed by atoms with E-state index in [1.165, 1.54) is 37.1 Å². The van der Waals surface area contributed by atoms with Crippen LogP contribution in [0.5, 0.6) is 0 Å². The highest BCUT2D eigenvalue weighted by Gasteiger charge is 2.11. The molecule has 2 aromatic rings. The second kappa shape index (κ2) is 8.29. The van der Waals surface area contributed by atoms with Gasteiger partial charge in [0.15, 0.2) is 0 Å². The number of halogens is 1. The second-order valence-corrected chi connectivity index (χ2v) is 6.79. The maximum Gasteiger partial charge on any atom is 0.127 e. The summed E-state index contributed by atoms with van der Waals surface area (Å²) in [7, 11) is 0. The molecule has 1 aliphatic heterocycles. The van der Waals surface area contributed by atoms with Crippen LogP contribution < -0.4 is 0 Å². The Hall–Kier alpha value is -1.63. The molecule has 0 spiro atoms. The topological polar surface area (TPSA) is 16.1 Å². The number of hydrogen-bond donors (Lipinski definition) is 0. The molecule has 3 heteroatoms. The summed E-state index contributed by atoms with van der Waals surface area (Å²) in [5.74, 6) is 6.34. The van der Waals surface area contributed by atoms with E-state index < -0.39 is 0 Å². The third-order valence-corrected chi connectivity index (χ3v) is 4.77. The zero-order chi connectivity index (χ0) is 15.9. The zero-order valence-electron chi connectivity index (χ0n) is 13.3. The highest BCUT2D eigenvalue weighted by molar-refractivity contribution is 9.10. The molecule has 118 valence electrons. The van der Waals surface area contributed by atoms with Crippen LogP contribution in [0, 0.1) is 11.8 Å². The maximum atomic E-state index is 4.26. The molecule has 0 radical (unpaired) electrons. The van der Waals surface area contributed by atoms with E-state index >= 15 is 0 Å². The molecule has 0 bridgehead atoms. The predicted molar refractivity (Wildman–Crippen MR) is 98.1 cm³/mol. The van der Waals surface area contributed by atoms with Gasteiger partial charge in [0.2, 0.25) is 0 Å². The van der Waals surface area contributed by atoms with Crippen LogP contribution in [0.4, 0.5) is 0 Å². The summed E-state index contributed by atoms with van der Waals surface area (Å²) in [6, 6.07) is 12.9. The van der Waals surface area contributed by atoms with Crippen molar-refractivity contribution in [1.29, 1.82) is 0 Å². The number of hydrogen-bond acceptors (Lipinski definition) is 2. The molecule has 1 aliphatic rings. The van der Waals surface area contributed by atoms with Crippen LogP contribution in [-0.2, 0) is 13.0 Å². The van der Waals surface area contributed by atoms with Gasteiger partial charge < -0.3 is 0 Å². The lowest BCUT2D eigenvalue weighted by atomic mass is 10.1. The second-order valence-electron chi connectivity index (χ2n) is 5.94. The van der Waals surface area contributed by atoms with Crippen molar-refractivity contribution in [3.63, 3.8) is 0 Å². The molecule has 0 N–H and O–H groups in total. The summed E-state index contributed by atoms with van der Waals surface area (Å²) < 4.78 is 0.957. The van der Waals surface area contributed by atoms with Crippen LogP contribution in [0.1, 0.15) is 36.1 Å². The fraction of sp³-hybridized carbons (Fsp3) is 0.350. The van der Waals surface area contributed by atoms with Gasteiger partial charge in [0.25, 0.3) is 0 Å². The van der Waals surface area contributed by atoms with Gasteiger partial charge in [-0.3, -0.25) is 4.90 Å². The molecular weight excluding hydrogens is 348 g/mol. The lowest BCUT2D eigenvalue weighted by molar-refractivity contribution is 0.331. The average molecular weight is 369 g/mol. The normalized spacial score (nSPS) is 14.5. The largest absolute Gasteiger partial charge is 0.299 e. The molecule has 0 atom stereocenters. The number of benzene rings is 1. The van der Waals surface area contributed by atoms with E-state index in [0.29, 0.717) is 0 Å². The number of rotatable bonds is 4. The molecule has 1 aromatic heterocycles. The van der Waals surface area contributed by atoms with Crippen molar-refractivity contribution in [1.82, 2.24) is 9.88 Å². The van der Waals surface area contributed by atoms with Crippen LogP contribution in [0.25, 0.3) is 0 Å². The Morgan fingerprint density at radius 2 is 1.78 bits per heavy atom. The van der Waals surface area contributed by atoms with E-state index in [-0.39, 0.29) is 0 Å². The van der Waals surface area contributed by atoms with Crippen molar-refractivity contribution in [2.75, 3.05) is 13.1 Å². The van der Waals surface area contributed by atoms with E-state index in [1.54, 1.807) is 6.20 Å². The molecular formula is C20H21BrN2. The van der Waals surface area contributed by atoms with Crippen molar-refractivity contribution in [3.05, 3.63) is 63.9 Å². The van der Waals surface area contributed by atoms with Gasteiger partial charge in [0, 0.05) is 19.2 Å². The standard InChI is InChI=1S/C20H21BrN2/c21-19-7-5-13-22-20(19)8-2-1-6-17-9-11-18(12-10-17)16-23-14-3-4-15-23/h5,7,9-13H,1,3-4,6,14-16H2. The van der Waals surface area contributed by atoms with Crippen molar-refractivity contribution >= 4 is 15.9 Å². The summed E-state index contributed by atoms with van der Waals surface area (Å²) >= 11 is 3.47. The lowest BCUT2D eigenvalue weighted by Gasteiger charge is -2.14. The van der Waals surface area contributed by atoms with Crippen LogP contribution in [0.15, 0.2) is 47.1 Å². The average Bonchev–Trinajstić information content (AvgIpc) is 3.08. The van der Waals surface area contributed by atoms with Crippen LogP contribution in [-0.4, -0.2) is 23.0 Å². The molecule has 2 heterocycles. The first-order chi connectivity index (χ1) is 11.3. The van der Waals surface area contributed by atoms with Gasteiger partial charge in [0.05, 0.1) is 4.47 Å². The summed E-state index contributed by atoms with van der Waals surface area (Å²) in [6.45, 7) is 3.59. The molecule has 1 fully saturated rings. The number of aromatic nitrogens is 1. The molecule has 3 rings (SSSR count). The molecule has 1 saturated heterocycles. The van der Waals surface area contributed by atoms with E-state index in [1.807, 2.05) is 12.1 Å². The van der Waals surface area contributed by atoms with Gasteiger partial charge in [-0.2, -0.15) is 0 Å². The molecule has 2 nitrogen and oxygen atoms in total. The van der Waals surface area contributed by atoms with Gasteiger partial charge in [0.1, 0.15) is 5.69 Å². The fourth-order valence-corrected chi connectivity index (χ4v) is 3.20. The van der Waals surface area contributed by atoms with Crippen LogP contribution in [0.3, 0.4) is 0 Å². The summed E-state index contributed by atoms with van der Waals surface area (Å²) in [6.07, 6.45) is 6.32. The fourth-order valence-electron chi connectivity index (χ4n) is 2.84. The first kappa shape index (κ1) is 16.2. The van der Waals surface area contributed by atoms with Crippen molar-refractivity contribution in [2.45, 2.75) is 32.2 Å². The van der Waals surface area contributed by atoms with E-state index in [0.717, 1.165) is 29.6 Å². The molecule has 1 aromatic carbocycles. The Bertz CT molecular complexity index is 692. The Morgan fingerprint density at radius 3 is 2.52 bits per heavy atom. The summed E-state index contributed by atoms with van der Waals surface area (Å²) in [4.78, 5) is 6.79. The Labute approximate surface area is 147 Å². The molecule has 0 aliphatic carbocycles. The highest BCUT2D eigenvalue weighted by Crippen LogP contribution is 2.14. The van der Waals surface area contributed by atoms with Crippen molar-refractivity contribution in [2.24, 2.45) is 0 Å². The van der Waals surface area contributed by atoms with Gasteiger partial charge in [-0.25, -0.2) is 4.98 Å². The van der Waals surface area contributed by atoms with Gasteiger partial charge in [-0.15, -0.1) is 0 Å². The minimum atomic E-state index is 0.813. The maximum absolute atomic E-state index is 4.26. The number of pyridine rings is 1. The molecule has 0 unspecified atom stereocenters. The Balaban J connectivity index is 1.50. The Morgan fingerprint density at radius 1 is 1.04 bits per heavy atom. The lowest BCUT2D eigenvalue weighted by Crippen LogP contribution is -2.18. The number of nitrogens with zero attached hydrogens (tertiary/aromatic N) is 2. The zero-order valence-corrected chi connectivity index (χ0v) is 14.8. The molecule has 23 heavy (non-hydrogen) atoms. The smallest absolute Gasteiger partial charge is 0.127 e. The third-order valence-electron chi connectivity index (χ3n) is 4.13. The van der Waals surface area contributed by atoms with Gasteiger partial charge >= 0.3 is 0 Å². The SMILES string of the molecule is Brc1cccnc1C#CCCc1ccc(CN2CCCC2)cc1. The van der Waals surface area contributed by atoms with E-state index in [9.17, 15) is 0 Å². The van der Waals surface area contributed by atoms with E-state index in [4.69, 9.17) is 0 Å².